The van der Waals surface area contributed by atoms with Crippen molar-refractivity contribution in [2.75, 3.05) is 13.7 Å². The Morgan fingerprint density at radius 3 is 2.79 bits per heavy atom. The molecule has 0 spiro atoms. The first-order valence-corrected chi connectivity index (χ1v) is 9.95. The number of piperidine rings is 1. The molecule has 0 aromatic heterocycles. The lowest BCUT2D eigenvalue weighted by Crippen LogP contribution is -2.56. The fourth-order valence-corrected chi connectivity index (χ4v) is 4.99. The molecule has 5 heteroatoms. The van der Waals surface area contributed by atoms with Crippen molar-refractivity contribution in [1.29, 1.82) is 0 Å². The molecule has 1 saturated carbocycles. The van der Waals surface area contributed by atoms with Crippen molar-refractivity contribution in [1.82, 2.24) is 4.90 Å². The number of ether oxygens (including phenoxy) is 1. The van der Waals surface area contributed by atoms with E-state index in [1.807, 2.05) is 24.3 Å². The van der Waals surface area contributed by atoms with Gasteiger partial charge in [-0.25, -0.2) is 4.39 Å². The van der Waals surface area contributed by atoms with Crippen LogP contribution < -0.4 is 4.74 Å². The van der Waals surface area contributed by atoms with Crippen LogP contribution in [-0.4, -0.2) is 35.2 Å². The lowest BCUT2D eigenvalue weighted by atomic mass is 9.66. The topological polar surface area (TPSA) is 49.8 Å². The SMILES string of the molecule is COc1ccccc1[C@@H]1[C@H]2CCCC[C@]2(O)CCN1C(=O)c1cccc(F)c1. The van der Waals surface area contributed by atoms with Gasteiger partial charge in [-0.05, 0) is 43.5 Å². The van der Waals surface area contributed by atoms with Crippen molar-refractivity contribution in [3.63, 3.8) is 0 Å². The Morgan fingerprint density at radius 1 is 1.18 bits per heavy atom. The van der Waals surface area contributed by atoms with Gasteiger partial charge >= 0.3 is 0 Å². The molecule has 4 rings (SSSR count). The highest BCUT2D eigenvalue weighted by Gasteiger charge is 2.50. The largest absolute Gasteiger partial charge is 0.496 e. The number of fused-ring (bicyclic) bond motifs is 1. The Balaban J connectivity index is 1.79. The average Bonchev–Trinajstić information content (AvgIpc) is 2.72. The van der Waals surface area contributed by atoms with Crippen molar-refractivity contribution in [2.24, 2.45) is 5.92 Å². The molecule has 2 aromatic carbocycles. The smallest absolute Gasteiger partial charge is 0.254 e. The second-order valence-corrected chi connectivity index (χ2v) is 7.90. The molecule has 1 N–H and O–H groups in total. The number of aliphatic hydroxyl groups is 1. The highest BCUT2D eigenvalue weighted by molar-refractivity contribution is 5.94. The first-order valence-electron chi connectivity index (χ1n) is 9.95. The van der Waals surface area contributed by atoms with Crippen LogP contribution in [0.5, 0.6) is 5.75 Å². The Kier molecular flexibility index (Phi) is 5.11. The predicted octanol–water partition coefficient (Wildman–Crippen LogP) is 4.34. The Morgan fingerprint density at radius 2 is 2.00 bits per heavy atom. The third kappa shape index (κ3) is 3.28. The summed E-state index contributed by atoms with van der Waals surface area (Å²) in [6.45, 7) is 0.436. The first kappa shape index (κ1) is 18.9. The second-order valence-electron chi connectivity index (χ2n) is 7.90. The summed E-state index contributed by atoms with van der Waals surface area (Å²) >= 11 is 0. The molecule has 0 bridgehead atoms. The fourth-order valence-electron chi connectivity index (χ4n) is 4.99. The summed E-state index contributed by atoms with van der Waals surface area (Å²) in [5, 5.41) is 11.4. The molecule has 1 amide bonds. The Hall–Kier alpha value is -2.40. The number of para-hydroxylation sites is 1. The summed E-state index contributed by atoms with van der Waals surface area (Å²) < 4.78 is 19.3. The molecule has 1 heterocycles. The maximum Gasteiger partial charge on any atom is 0.254 e. The zero-order valence-electron chi connectivity index (χ0n) is 16.1. The summed E-state index contributed by atoms with van der Waals surface area (Å²) in [4.78, 5) is 15.2. The van der Waals surface area contributed by atoms with Gasteiger partial charge in [-0.2, -0.15) is 0 Å². The van der Waals surface area contributed by atoms with Gasteiger partial charge in [0.2, 0.25) is 0 Å². The highest BCUT2D eigenvalue weighted by Crippen LogP contribution is 2.51. The van der Waals surface area contributed by atoms with E-state index in [9.17, 15) is 14.3 Å². The maximum atomic E-state index is 13.7. The minimum absolute atomic E-state index is 0.0659. The molecule has 1 aliphatic carbocycles. The number of halogens is 1. The van der Waals surface area contributed by atoms with Crippen LogP contribution in [0.1, 0.15) is 54.1 Å². The van der Waals surface area contributed by atoms with E-state index in [0.29, 0.717) is 24.3 Å². The van der Waals surface area contributed by atoms with E-state index >= 15 is 0 Å². The summed E-state index contributed by atoms with van der Waals surface area (Å²) in [7, 11) is 1.62. The van der Waals surface area contributed by atoms with E-state index in [0.717, 1.165) is 31.2 Å². The number of methoxy groups -OCH3 is 1. The van der Waals surface area contributed by atoms with Crippen molar-refractivity contribution in [3.8, 4) is 5.75 Å². The number of nitrogens with zero attached hydrogens (tertiary/aromatic N) is 1. The van der Waals surface area contributed by atoms with Crippen molar-refractivity contribution in [3.05, 3.63) is 65.5 Å². The van der Waals surface area contributed by atoms with Crippen LogP contribution >= 0.6 is 0 Å². The van der Waals surface area contributed by atoms with Crippen molar-refractivity contribution >= 4 is 5.91 Å². The number of benzene rings is 2. The number of amides is 1. The zero-order chi connectivity index (χ0) is 19.7. The van der Waals surface area contributed by atoms with Gasteiger partial charge in [-0.3, -0.25) is 4.79 Å². The first-order chi connectivity index (χ1) is 13.5. The van der Waals surface area contributed by atoms with Gasteiger partial charge in [0.25, 0.3) is 5.91 Å². The van der Waals surface area contributed by atoms with Crippen LogP contribution in [-0.2, 0) is 0 Å². The van der Waals surface area contributed by atoms with Crippen molar-refractivity contribution < 1.29 is 19.0 Å². The zero-order valence-corrected chi connectivity index (χ0v) is 16.1. The third-order valence-corrected chi connectivity index (χ3v) is 6.36. The van der Waals surface area contributed by atoms with Gasteiger partial charge in [0.1, 0.15) is 11.6 Å². The molecule has 2 aromatic rings. The predicted molar refractivity (Wildman–Crippen MR) is 105 cm³/mol. The quantitative estimate of drug-likeness (QED) is 0.858. The highest BCUT2D eigenvalue weighted by atomic mass is 19.1. The molecule has 28 heavy (non-hydrogen) atoms. The Bertz CT molecular complexity index is 870. The fraction of sp³-hybridized carbons (Fsp3) is 0.435. The molecular weight excluding hydrogens is 357 g/mol. The summed E-state index contributed by atoms with van der Waals surface area (Å²) in [6.07, 6.45) is 4.19. The number of rotatable bonds is 3. The number of hydrogen-bond donors (Lipinski definition) is 1. The monoisotopic (exact) mass is 383 g/mol. The summed E-state index contributed by atoms with van der Waals surface area (Å²) in [5.74, 6) is 0.0112. The number of likely N-dealkylation sites (tertiary alicyclic amines) is 1. The summed E-state index contributed by atoms with van der Waals surface area (Å²) in [5.41, 5.74) is 0.462. The minimum Gasteiger partial charge on any atom is -0.496 e. The summed E-state index contributed by atoms with van der Waals surface area (Å²) in [6, 6.07) is 13.2. The number of carbonyl (C=O) groups is 1. The van der Waals surface area contributed by atoms with E-state index in [1.54, 1.807) is 24.1 Å². The molecule has 148 valence electrons. The van der Waals surface area contributed by atoms with Crippen LogP contribution in [0.25, 0.3) is 0 Å². The van der Waals surface area contributed by atoms with Crippen molar-refractivity contribution in [2.45, 2.75) is 43.7 Å². The second kappa shape index (κ2) is 7.55. The van der Waals surface area contributed by atoms with Gasteiger partial charge in [0, 0.05) is 23.6 Å². The van der Waals surface area contributed by atoms with E-state index in [2.05, 4.69) is 0 Å². The normalized spacial score (nSPS) is 27.2. The van der Waals surface area contributed by atoms with E-state index in [1.165, 1.54) is 12.1 Å². The lowest BCUT2D eigenvalue weighted by Gasteiger charge is -2.52. The maximum absolute atomic E-state index is 13.7. The Labute approximate surface area is 164 Å². The van der Waals surface area contributed by atoms with Crippen LogP contribution in [0.4, 0.5) is 4.39 Å². The minimum atomic E-state index is -0.775. The molecular formula is C23H26FNO3. The molecule has 1 aliphatic heterocycles. The van der Waals surface area contributed by atoms with Crippen LogP contribution in [0, 0.1) is 11.7 Å². The van der Waals surface area contributed by atoms with E-state index in [4.69, 9.17) is 4.74 Å². The van der Waals surface area contributed by atoms with Gasteiger partial charge in [-0.1, -0.05) is 37.1 Å². The number of carbonyl (C=O) groups excluding carboxylic acids is 1. The molecule has 0 radical (unpaired) electrons. The average molecular weight is 383 g/mol. The lowest BCUT2D eigenvalue weighted by molar-refractivity contribution is -0.115. The van der Waals surface area contributed by atoms with Gasteiger partial charge < -0.3 is 14.7 Å². The molecule has 3 atom stereocenters. The molecule has 1 saturated heterocycles. The van der Waals surface area contributed by atoms with Crippen LogP contribution in [0.3, 0.4) is 0 Å². The van der Waals surface area contributed by atoms with Gasteiger partial charge in [0.15, 0.2) is 0 Å². The van der Waals surface area contributed by atoms with Gasteiger partial charge in [-0.15, -0.1) is 0 Å². The molecule has 4 nitrogen and oxygen atoms in total. The van der Waals surface area contributed by atoms with Gasteiger partial charge in [0.05, 0.1) is 18.8 Å². The van der Waals surface area contributed by atoms with E-state index in [-0.39, 0.29) is 17.9 Å². The van der Waals surface area contributed by atoms with Crippen LogP contribution in [0.2, 0.25) is 0 Å². The molecule has 2 aliphatic rings. The molecule has 0 unspecified atom stereocenters. The van der Waals surface area contributed by atoms with E-state index < -0.39 is 11.4 Å². The third-order valence-electron chi connectivity index (χ3n) is 6.36. The van der Waals surface area contributed by atoms with Crippen LogP contribution in [0.15, 0.2) is 48.5 Å². The molecule has 2 fully saturated rings. The number of hydrogen-bond acceptors (Lipinski definition) is 3. The standard InChI is InChI=1S/C23H26FNO3/c1-28-20-11-3-2-9-18(20)21-19-10-4-5-12-23(19,27)13-14-25(21)22(26)16-7-6-8-17(24)15-16/h2-3,6-9,11,15,19,21,27H,4-5,10,12-14H2,1H3/t19-,21-,23+/m1/s1.